The summed E-state index contributed by atoms with van der Waals surface area (Å²) >= 11 is 0. The van der Waals surface area contributed by atoms with E-state index in [1.807, 2.05) is 24.4 Å². The van der Waals surface area contributed by atoms with Gasteiger partial charge in [0.1, 0.15) is 0 Å². The van der Waals surface area contributed by atoms with Crippen LogP contribution in [0.25, 0.3) is 16.5 Å². The molecule has 0 fully saturated rings. The Morgan fingerprint density at radius 3 is 2.87 bits per heavy atom. The van der Waals surface area contributed by atoms with E-state index in [0.717, 1.165) is 16.7 Å². The number of amides is 1. The van der Waals surface area contributed by atoms with Gasteiger partial charge in [0.2, 0.25) is 5.91 Å². The zero-order valence-electron chi connectivity index (χ0n) is 8.08. The molecule has 1 aromatic carbocycles. The maximum atomic E-state index is 11.1. The van der Waals surface area contributed by atoms with Crippen LogP contribution >= 0.6 is 0 Å². The number of aromatic nitrogens is 1. The second-order valence-corrected chi connectivity index (χ2v) is 3.64. The van der Waals surface area contributed by atoms with Crippen LogP contribution in [-0.2, 0) is 4.79 Å². The smallest absolute Gasteiger partial charge is 0.244 e. The van der Waals surface area contributed by atoms with Gasteiger partial charge in [0, 0.05) is 35.3 Å². The van der Waals surface area contributed by atoms with Crippen LogP contribution in [0.5, 0.6) is 0 Å². The number of aromatic amines is 1. The first-order chi connectivity index (χ1) is 7.34. The number of carbonyl (C=O) groups is 1. The number of carbonyl (C=O) groups excluding carboxylic acids is 1. The van der Waals surface area contributed by atoms with Gasteiger partial charge in [-0.05, 0) is 11.6 Å². The highest BCUT2D eigenvalue weighted by Crippen LogP contribution is 2.25. The van der Waals surface area contributed by atoms with E-state index in [-0.39, 0.29) is 5.91 Å². The minimum absolute atomic E-state index is 0.00437. The summed E-state index contributed by atoms with van der Waals surface area (Å²) in [5.74, 6) is -0.00437. The Balaban J connectivity index is 2.19. The van der Waals surface area contributed by atoms with Gasteiger partial charge in [-0.1, -0.05) is 18.2 Å². The van der Waals surface area contributed by atoms with E-state index in [2.05, 4.69) is 16.4 Å². The number of H-pyrrole nitrogens is 1. The molecule has 0 unspecified atom stereocenters. The topological polar surface area (TPSA) is 44.9 Å². The average Bonchev–Trinajstić information content (AvgIpc) is 2.83. The van der Waals surface area contributed by atoms with Gasteiger partial charge in [-0.25, -0.2) is 0 Å². The summed E-state index contributed by atoms with van der Waals surface area (Å²) in [7, 11) is 0. The van der Waals surface area contributed by atoms with Gasteiger partial charge in [-0.3, -0.25) is 4.79 Å². The van der Waals surface area contributed by atoms with Crippen molar-refractivity contribution in [1.82, 2.24) is 10.3 Å². The lowest BCUT2D eigenvalue weighted by atomic mass is 10.1. The summed E-state index contributed by atoms with van der Waals surface area (Å²) in [5.41, 5.74) is 3.27. The van der Waals surface area contributed by atoms with Crippen LogP contribution < -0.4 is 5.32 Å². The molecule has 0 saturated heterocycles. The summed E-state index contributed by atoms with van der Waals surface area (Å²) < 4.78 is 0. The molecular weight excluding hydrogens is 188 g/mol. The lowest BCUT2D eigenvalue weighted by Crippen LogP contribution is -2.14. The third-order valence-corrected chi connectivity index (χ3v) is 2.69. The Hall–Kier alpha value is -2.03. The molecule has 1 amide bonds. The van der Waals surface area contributed by atoms with Crippen molar-refractivity contribution in [1.29, 1.82) is 0 Å². The van der Waals surface area contributed by atoms with E-state index in [4.69, 9.17) is 0 Å². The Morgan fingerprint density at radius 2 is 2.07 bits per heavy atom. The minimum Gasteiger partial charge on any atom is -0.361 e. The molecule has 15 heavy (non-hydrogen) atoms. The van der Waals surface area contributed by atoms with Crippen molar-refractivity contribution < 1.29 is 4.79 Å². The van der Waals surface area contributed by atoms with E-state index < -0.39 is 0 Å². The van der Waals surface area contributed by atoms with Crippen LogP contribution in [0.1, 0.15) is 5.56 Å². The standard InChI is InChI=1S/C12H10N2O/c15-12-5-8(6-14-12)10-7-13-11-4-2-1-3-9(10)11/h1-5,7,13H,6H2,(H,14,15). The van der Waals surface area contributed by atoms with Crippen molar-refractivity contribution in [2.24, 2.45) is 0 Å². The number of hydrogen-bond acceptors (Lipinski definition) is 1. The first-order valence-electron chi connectivity index (χ1n) is 4.89. The molecule has 0 bridgehead atoms. The number of fused-ring (bicyclic) bond motifs is 1. The third kappa shape index (κ3) is 1.24. The number of nitrogens with one attached hydrogen (secondary N) is 2. The van der Waals surface area contributed by atoms with Gasteiger partial charge in [0.25, 0.3) is 0 Å². The zero-order valence-corrected chi connectivity index (χ0v) is 8.08. The van der Waals surface area contributed by atoms with Crippen molar-refractivity contribution in [3.8, 4) is 0 Å². The van der Waals surface area contributed by atoms with Crippen LogP contribution in [0, 0.1) is 0 Å². The normalized spacial score (nSPS) is 15.5. The molecule has 0 radical (unpaired) electrons. The summed E-state index contributed by atoms with van der Waals surface area (Å²) in [6, 6.07) is 8.09. The molecule has 3 heteroatoms. The first-order valence-corrected chi connectivity index (χ1v) is 4.89. The maximum absolute atomic E-state index is 11.1. The second kappa shape index (κ2) is 2.98. The molecule has 3 nitrogen and oxygen atoms in total. The second-order valence-electron chi connectivity index (χ2n) is 3.64. The molecule has 3 rings (SSSR count). The van der Waals surface area contributed by atoms with Gasteiger partial charge in [-0.15, -0.1) is 0 Å². The van der Waals surface area contributed by atoms with Crippen molar-refractivity contribution >= 4 is 22.4 Å². The van der Waals surface area contributed by atoms with Crippen molar-refractivity contribution in [2.45, 2.75) is 0 Å². The average molecular weight is 198 g/mol. The van der Waals surface area contributed by atoms with Crippen LogP contribution in [-0.4, -0.2) is 17.4 Å². The van der Waals surface area contributed by atoms with Crippen LogP contribution in [0.4, 0.5) is 0 Å². The highest BCUT2D eigenvalue weighted by Gasteiger charge is 2.15. The quantitative estimate of drug-likeness (QED) is 0.719. The van der Waals surface area contributed by atoms with Crippen LogP contribution in [0.2, 0.25) is 0 Å². The monoisotopic (exact) mass is 198 g/mol. The Kier molecular flexibility index (Phi) is 1.65. The molecule has 2 N–H and O–H groups in total. The Labute approximate surface area is 86.8 Å². The molecule has 2 aromatic rings. The molecule has 1 aliphatic heterocycles. The number of rotatable bonds is 1. The van der Waals surface area contributed by atoms with Gasteiger partial charge < -0.3 is 10.3 Å². The maximum Gasteiger partial charge on any atom is 0.244 e. The van der Waals surface area contributed by atoms with Crippen molar-refractivity contribution in [3.63, 3.8) is 0 Å². The van der Waals surface area contributed by atoms with E-state index >= 15 is 0 Å². The van der Waals surface area contributed by atoms with E-state index in [9.17, 15) is 4.79 Å². The molecule has 0 spiro atoms. The van der Waals surface area contributed by atoms with E-state index in [1.54, 1.807) is 6.08 Å². The summed E-state index contributed by atoms with van der Waals surface area (Å²) in [6.45, 7) is 0.626. The van der Waals surface area contributed by atoms with Crippen LogP contribution in [0.3, 0.4) is 0 Å². The first kappa shape index (κ1) is 8.29. The molecule has 0 aliphatic carbocycles. The highest BCUT2D eigenvalue weighted by molar-refractivity contribution is 6.04. The Bertz CT molecular complexity index is 566. The summed E-state index contributed by atoms with van der Waals surface area (Å²) in [4.78, 5) is 14.3. The molecule has 2 heterocycles. The molecule has 0 atom stereocenters. The van der Waals surface area contributed by atoms with Crippen molar-refractivity contribution in [2.75, 3.05) is 6.54 Å². The fraction of sp³-hybridized carbons (Fsp3) is 0.0833. The Morgan fingerprint density at radius 1 is 1.20 bits per heavy atom. The molecule has 1 aliphatic rings. The SMILES string of the molecule is O=C1C=C(c2c[nH]c3ccccc23)CN1. The highest BCUT2D eigenvalue weighted by atomic mass is 16.1. The number of benzene rings is 1. The van der Waals surface area contributed by atoms with Gasteiger partial charge in [0.05, 0.1) is 0 Å². The largest absolute Gasteiger partial charge is 0.361 e. The van der Waals surface area contributed by atoms with E-state index in [0.29, 0.717) is 6.54 Å². The predicted molar refractivity (Wildman–Crippen MR) is 59.3 cm³/mol. The summed E-state index contributed by atoms with van der Waals surface area (Å²) in [5, 5.41) is 3.94. The van der Waals surface area contributed by atoms with Gasteiger partial charge >= 0.3 is 0 Å². The summed E-state index contributed by atoms with van der Waals surface area (Å²) in [6.07, 6.45) is 3.62. The molecule has 0 saturated carbocycles. The lowest BCUT2D eigenvalue weighted by Gasteiger charge is -1.98. The zero-order chi connectivity index (χ0) is 10.3. The third-order valence-electron chi connectivity index (χ3n) is 2.69. The van der Waals surface area contributed by atoms with Gasteiger partial charge in [0.15, 0.2) is 0 Å². The van der Waals surface area contributed by atoms with E-state index in [1.165, 1.54) is 5.39 Å². The molecule has 1 aromatic heterocycles. The predicted octanol–water partition coefficient (Wildman–Crippen LogP) is 1.68. The number of hydrogen-bond donors (Lipinski definition) is 2. The molecule has 74 valence electrons. The fourth-order valence-electron chi connectivity index (χ4n) is 1.95. The lowest BCUT2D eigenvalue weighted by molar-refractivity contribution is -0.115. The van der Waals surface area contributed by atoms with Crippen molar-refractivity contribution in [3.05, 3.63) is 42.1 Å². The number of para-hydroxylation sites is 1. The fourth-order valence-corrected chi connectivity index (χ4v) is 1.95. The molecular formula is C12H10N2O. The minimum atomic E-state index is -0.00437. The van der Waals surface area contributed by atoms with Gasteiger partial charge in [-0.2, -0.15) is 0 Å². The van der Waals surface area contributed by atoms with Crippen LogP contribution in [0.15, 0.2) is 36.5 Å².